The van der Waals surface area contributed by atoms with E-state index in [1.807, 2.05) is 12.3 Å². The van der Waals surface area contributed by atoms with E-state index in [4.69, 9.17) is 0 Å². The second kappa shape index (κ2) is 4.34. The summed E-state index contributed by atoms with van der Waals surface area (Å²) >= 11 is 0. The van der Waals surface area contributed by atoms with Crippen LogP contribution in [0.2, 0.25) is 0 Å². The van der Waals surface area contributed by atoms with Crippen molar-refractivity contribution in [2.75, 3.05) is 0 Å². The van der Waals surface area contributed by atoms with Crippen LogP contribution in [-0.4, -0.2) is 14.8 Å². The summed E-state index contributed by atoms with van der Waals surface area (Å²) in [6, 6.07) is 18.9. The third kappa shape index (κ3) is 1.53. The normalized spacial score (nSPS) is 13.1. The van der Waals surface area contributed by atoms with E-state index in [2.05, 4.69) is 63.3 Å². The molecule has 5 rings (SSSR count). The minimum atomic E-state index is 1.05. The SMILES string of the molecule is c1ccc(-n2ncc3c2-c2[nH]c4ccccc4c2CC3)cc1. The predicted molar refractivity (Wildman–Crippen MR) is 88.3 cm³/mol. The molecule has 0 spiro atoms. The highest BCUT2D eigenvalue weighted by Crippen LogP contribution is 2.38. The number of nitrogens with zero attached hydrogens (tertiary/aromatic N) is 2. The summed E-state index contributed by atoms with van der Waals surface area (Å²) in [6.07, 6.45) is 4.14. The molecule has 1 aliphatic carbocycles. The van der Waals surface area contributed by atoms with E-state index in [0.29, 0.717) is 0 Å². The predicted octanol–water partition coefficient (Wildman–Crippen LogP) is 4.12. The largest absolute Gasteiger partial charge is 0.353 e. The molecule has 3 nitrogen and oxygen atoms in total. The molecule has 2 aromatic carbocycles. The Hall–Kier alpha value is -2.81. The molecule has 1 N–H and O–H groups in total. The van der Waals surface area contributed by atoms with Crippen LogP contribution in [0.25, 0.3) is 28.0 Å². The van der Waals surface area contributed by atoms with Gasteiger partial charge in [0.2, 0.25) is 0 Å². The minimum Gasteiger partial charge on any atom is -0.353 e. The lowest BCUT2D eigenvalue weighted by Crippen LogP contribution is -2.06. The third-order valence-corrected chi connectivity index (χ3v) is 4.54. The summed E-state index contributed by atoms with van der Waals surface area (Å²) in [5, 5.41) is 5.97. The Labute approximate surface area is 128 Å². The van der Waals surface area contributed by atoms with E-state index < -0.39 is 0 Å². The number of para-hydroxylation sites is 2. The van der Waals surface area contributed by atoms with Crippen LogP contribution in [-0.2, 0) is 12.8 Å². The lowest BCUT2D eigenvalue weighted by atomic mass is 9.94. The van der Waals surface area contributed by atoms with E-state index in [1.54, 1.807) is 0 Å². The molecule has 1 aliphatic rings. The van der Waals surface area contributed by atoms with Crippen LogP contribution < -0.4 is 0 Å². The van der Waals surface area contributed by atoms with Crippen LogP contribution >= 0.6 is 0 Å². The average molecular weight is 285 g/mol. The van der Waals surface area contributed by atoms with Gasteiger partial charge >= 0.3 is 0 Å². The molecule has 0 saturated carbocycles. The number of H-pyrrole nitrogens is 1. The number of benzene rings is 2. The second-order valence-corrected chi connectivity index (χ2v) is 5.79. The molecule has 0 radical (unpaired) electrons. The van der Waals surface area contributed by atoms with E-state index in [9.17, 15) is 0 Å². The van der Waals surface area contributed by atoms with E-state index in [1.165, 1.54) is 33.4 Å². The summed E-state index contributed by atoms with van der Waals surface area (Å²) in [5.74, 6) is 0. The number of aryl methyl sites for hydroxylation is 2. The fourth-order valence-corrected chi connectivity index (χ4v) is 3.52. The molecule has 0 saturated heterocycles. The van der Waals surface area contributed by atoms with E-state index in [-0.39, 0.29) is 0 Å². The molecule has 22 heavy (non-hydrogen) atoms. The third-order valence-electron chi connectivity index (χ3n) is 4.54. The maximum atomic E-state index is 4.63. The summed E-state index contributed by atoms with van der Waals surface area (Å²) in [6.45, 7) is 0. The minimum absolute atomic E-state index is 1.05. The summed E-state index contributed by atoms with van der Waals surface area (Å²) in [7, 11) is 0. The van der Waals surface area contributed by atoms with Crippen molar-refractivity contribution in [2.24, 2.45) is 0 Å². The van der Waals surface area contributed by atoms with Crippen molar-refractivity contribution in [3.05, 3.63) is 71.9 Å². The molecule has 2 heterocycles. The topological polar surface area (TPSA) is 33.6 Å². The van der Waals surface area contributed by atoms with Gasteiger partial charge in [0, 0.05) is 16.5 Å². The summed E-state index contributed by atoms with van der Waals surface area (Å²) in [4.78, 5) is 3.61. The summed E-state index contributed by atoms with van der Waals surface area (Å²) in [5.41, 5.74) is 7.49. The number of hydrogen-bond acceptors (Lipinski definition) is 1. The van der Waals surface area contributed by atoms with Gasteiger partial charge < -0.3 is 4.98 Å². The number of nitrogens with one attached hydrogen (secondary N) is 1. The van der Waals surface area contributed by atoms with Crippen molar-refractivity contribution < 1.29 is 0 Å². The number of aromatic amines is 1. The van der Waals surface area contributed by atoms with Gasteiger partial charge in [-0.15, -0.1) is 0 Å². The summed E-state index contributed by atoms with van der Waals surface area (Å²) < 4.78 is 2.06. The second-order valence-electron chi connectivity index (χ2n) is 5.79. The molecule has 0 unspecified atom stereocenters. The van der Waals surface area contributed by atoms with Gasteiger partial charge in [-0.05, 0) is 36.6 Å². The smallest absolute Gasteiger partial charge is 0.0938 e. The van der Waals surface area contributed by atoms with E-state index in [0.717, 1.165) is 18.5 Å². The Kier molecular flexibility index (Phi) is 2.33. The molecule has 0 amide bonds. The van der Waals surface area contributed by atoms with Gasteiger partial charge in [0.25, 0.3) is 0 Å². The number of rotatable bonds is 1. The van der Waals surface area contributed by atoms with Crippen molar-refractivity contribution in [3.63, 3.8) is 0 Å². The van der Waals surface area contributed by atoms with Gasteiger partial charge in [0.1, 0.15) is 0 Å². The van der Waals surface area contributed by atoms with Crippen LogP contribution in [0.4, 0.5) is 0 Å². The molecule has 0 atom stereocenters. The van der Waals surface area contributed by atoms with E-state index >= 15 is 0 Å². The molecule has 2 aromatic heterocycles. The highest BCUT2D eigenvalue weighted by atomic mass is 15.3. The first-order chi connectivity index (χ1) is 10.9. The Morgan fingerprint density at radius 3 is 2.64 bits per heavy atom. The Morgan fingerprint density at radius 2 is 1.73 bits per heavy atom. The standard InChI is InChI=1S/C19H15N3/c1-2-6-14(7-3-1)22-19-13(12-20-22)10-11-16-15-8-4-5-9-17(15)21-18(16)19/h1-9,12,21H,10-11H2. The van der Waals surface area contributed by atoms with Gasteiger partial charge in [0.15, 0.2) is 0 Å². The highest BCUT2D eigenvalue weighted by molar-refractivity contribution is 5.91. The molecule has 3 heteroatoms. The Bertz CT molecular complexity index is 977. The molecule has 0 fully saturated rings. The molecular formula is C19H15N3. The van der Waals surface area contributed by atoms with Gasteiger partial charge in [-0.2, -0.15) is 5.10 Å². The lowest BCUT2D eigenvalue weighted by molar-refractivity contribution is 0.874. The van der Waals surface area contributed by atoms with Crippen molar-refractivity contribution in [1.82, 2.24) is 14.8 Å². The molecule has 0 bridgehead atoms. The van der Waals surface area contributed by atoms with Crippen molar-refractivity contribution in [1.29, 1.82) is 0 Å². The first kappa shape index (κ1) is 11.8. The maximum absolute atomic E-state index is 4.63. The zero-order valence-electron chi connectivity index (χ0n) is 12.1. The molecule has 106 valence electrons. The van der Waals surface area contributed by atoms with Crippen LogP contribution in [0.15, 0.2) is 60.8 Å². The van der Waals surface area contributed by atoms with Crippen LogP contribution in [0.3, 0.4) is 0 Å². The first-order valence-corrected chi connectivity index (χ1v) is 7.64. The van der Waals surface area contributed by atoms with Crippen molar-refractivity contribution >= 4 is 10.9 Å². The van der Waals surface area contributed by atoms with Gasteiger partial charge in [-0.25, -0.2) is 4.68 Å². The fourth-order valence-electron chi connectivity index (χ4n) is 3.52. The van der Waals surface area contributed by atoms with Crippen LogP contribution in [0, 0.1) is 0 Å². The maximum Gasteiger partial charge on any atom is 0.0938 e. The number of hydrogen-bond donors (Lipinski definition) is 1. The van der Waals surface area contributed by atoms with Gasteiger partial charge in [-0.3, -0.25) is 0 Å². The zero-order chi connectivity index (χ0) is 14.5. The van der Waals surface area contributed by atoms with Crippen molar-refractivity contribution in [3.8, 4) is 17.1 Å². The fraction of sp³-hybridized carbons (Fsp3) is 0.105. The molecule has 0 aliphatic heterocycles. The van der Waals surface area contributed by atoms with Crippen LogP contribution in [0.1, 0.15) is 11.1 Å². The molecular weight excluding hydrogens is 270 g/mol. The van der Waals surface area contributed by atoms with Crippen molar-refractivity contribution in [2.45, 2.75) is 12.8 Å². The quantitative estimate of drug-likeness (QED) is 0.561. The lowest BCUT2D eigenvalue weighted by Gasteiger charge is -2.15. The van der Waals surface area contributed by atoms with Gasteiger partial charge in [-0.1, -0.05) is 36.4 Å². The average Bonchev–Trinajstić information content (AvgIpc) is 3.16. The highest BCUT2D eigenvalue weighted by Gasteiger charge is 2.25. The monoisotopic (exact) mass is 285 g/mol. The number of fused-ring (bicyclic) bond motifs is 5. The first-order valence-electron chi connectivity index (χ1n) is 7.64. The van der Waals surface area contributed by atoms with Gasteiger partial charge in [0.05, 0.1) is 23.3 Å². The molecule has 4 aromatic rings. The van der Waals surface area contributed by atoms with Crippen LogP contribution in [0.5, 0.6) is 0 Å². The number of aromatic nitrogens is 3. The zero-order valence-corrected chi connectivity index (χ0v) is 12.1. The Morgan fingerprint density at radius 1 is 0.909 bits per heavy atom. The Balaban J connectivity index is 1.82.